The number of H-pyrrole nitrogens is 1. The molecule has 26 heavy (non-hydrogen) atoms. The van der Waals surface area contributed by atoms with E-state index in [0.29, 0.717) is 31.1 Å². The molecule has 2 aromatic carbocycles. The van der Waals surface area contributed by atoms with Crippen LogP contribution in [0.4, 0.5) is 5.69 Å². The lowest BCUT2D eigenvalue weighted by atomic mass is 10.1. The summed E-state index contributed by atoms with van der Waals surface area (Å²) in [5, 5.41) is 6.74. The van der Waals surface area contributed by atoms with Crippen LogP contribution in [0.5, 0.6) is 5.75 Å². The van der Waals surface area contributed by atoms with Crippen molar-refractivity contribution in [3.8, 4) is 16.9 Å². The van der Waals surface area contributed by atoms with Gasteiger partial charge >= 0.3 is 10.2 Å². The van der Waals surface area contributed by atoms with E-state index in [1.807, 2.05) is 42.5 Å². The third-order valence-corrected chi connectivity index (χ3v) is 5.72. The van der Waals surface area contributed by atoms with Crippen LogP contribution in [0, 0.1) is 0 Å². The summed E-state index contributed by atoms with van der Waals surface area (Å²) < 4.78 is 34.4. The highest BCUT2D eigenvalue weighted by Gasteiger charge is 2.30. The molecule has 0 atom stereocenters. The summed E-state index contributed by atoms with van der Waals surface area (Å²) in [5.74, 6) is 0.514. The number of nitrogens with one attached hydrogen (secondary N) is 2. The van der Waals surface area contributed by atoms with E-state index < -0.39 is 10.2 Å². The van der Waals surface area contributed by atoms with Crippen molar-refractivity contribution in [1.29, 1.82) is 0 Å². The van der Waals surface area contributed by atoms with Gasteiger partial charge < -0.3 is 4.74 Å². The fraction of sp³-hybridized carbons (Fsp3) is 0.167. The second-order valence-electron chi connectivity index (χ2n) is 5.92. The Morgan fingerprint density at radius 1 is 1.12 bits per heavy atom. The van der Waals surface area contributed by atoms with Crippen LogP contribution in [0.1, 0.15) is 5.56 Å². The first-order chi connectivity index (χ1) is 12.6. The van der Waals surface area contributed by atoms with Crippen molar-refractivity contribution < 1.29 is 13.2 Å². The molecule has 1 aliphatic heterocycles. The molecular weight excluding hydrogens is 352 g/mol. The third-order valence-electron chi connectivity index (χ3n) is 4.19. The minimum Gasteiger partial charge on any atom is -0.487 e. The monoisotopic (exact) mass is 370 g/mol. The Morgan fingerprint density at radius 3 is 2.65 bits per heavy atom. The lowest BCUT2D eigenvalue weighted by Gasteiger charge is -2.20. The molecule has 0 bridgehead atoms. The first kappa shape index (κ1) is 16.6. The van der Waals surface area contributed by atoms with E-state index in [0.717, 1.165) is 16.7 Å². The van der Waals surface area contributed by atoms with Crippen LogP contribution >= 0.6 is 0 Å². The van der Waals surface area contributed by atoms with E-state index in [1.165, 1.54) is 4.31 Å². The Morgan fingerprint density at radius 2 is 1.96 bits per heavy atom. The van der Waals surface area contributed by atoms with Gasteiger partial charge in [0.2, 0.25) is 0 Å². The third kappa shape index (κ3) is 3.29. The zero-order valence-corrected chi connectivity index (χ0v) is 14.7. The molecule has 1 aromatic heterocycles. The lowest BCUT2D eigenvalue weighted by Crippen LogP contribution is -2.29. The highest BCUT2D eigenvalue weighted by molar-refractivity contribution is 7.91. The molecule has 3 aromatic rings. The topological polar surface area (TPSA) is 87.3 Å². The number of aromatic nitrogens is 2. The Balaban J connectivity index is 1.70. The molecule has 134 valence electrons. The predicted octanol–water partition coefficient (Wildman–Crippen LogP) is 2.31. The van der Waals surface area contributed by atoms with Gasteiger partial charge in [-0.1, -0.05) is 36.4 Å². The van der Waals surface area contributed by atoms with E-state index in [1.54, 1.807) is 18.5 Å². The van der Waals surface area contributed by atoms with Gasteiger partial charge in [-0.15, -0.1) is 0 Å². The molecule has 0 spiro atoms. The van der Waals surface area contributed by atoms with Gasteiger partial charge in [-0.05, 0) is 23.3 Å². The predicted molar refractivity (Wildman–Crippen MR) is 99.1 cm³/mol. The summed E-state index contributed by atoms with van der Waals surface area (Å²) in [6, 6.07) is 15.2. The van der Waals surface area contributed by atoms with Crippen LogP contribution in [0.25, 0.3) is 11.1 Å². The molecule has 4 rings (SSSR count). The van der Waals surface area contributed by atoms with Crippen LogP contribution in [0.3, 0.4) is 0 Å². The van der Waals surface area contributed by atoms with E-state index in [4.69, 9.17) is 4.74 Å². The Hall–Kier alpha value is -2.84. The van der Waals surface area contributed by atoms with E-state index in [9.17, 15) is 8.42 Å². The van der Waals surface area contributed by atoms with Gasteiger partial charge in [0.05, 0.1) is 11.9 Å². The lowest BCUT2D eigenvalue weighted by molar-refractivity contribution is 0.307. The van der Waals surface area contributed by atoms with Gasteiger partial charge in [-0.25, -0.2) is 0 Å². The average Bonchev–Trinajstić information content (AvgIpc) is 3.30. The molecule has 1 fully saturated rings. The number of ether oxygens (including phenoxy) is 1. The first-order valence-electron chi connectivity index (χ1n) is 8.21. The summed E-state index contributed by atoms with van der Waals surface area (Å²) in [5.41, 5.74) is 3.34. The number of hydrogen-bond donors (Lipinski definition) is 2. The average molecular weight is 370 g/mol. The van der Waals surface area contributed by atoms with E-state index >= 15 is 0 Å². The minimum absolute atomic E-state index is 0.351. The zero-order chi connectivity index (χ0) is 18.0. The molecule has 7 nitrogen and oxygen atoms in total. The van der Waals surface area contributed by atoms with Gasteiger partial charge in [0, 0.05) is 24.8 Å². The SMILES string of the molecule is O=S1(=O)NCCN1c1ccc(-c2cn[nH]c2)cc1OCc1ccccc1. The van der Waals surface area contributed by atoms with Crippen molar-refractivity contribution in [3.05, 3.63) is 66.5 Å². The number of hydrogen-bond acceptors (Lipinski definition) is 4. The minimum atomic E-state index is -3.53. The summed E-state index contributed by atoms with van der Waals surface area (Å²) in [4.78, 5) is 0. The number of benzene rings is 2. The van der Waals surface area contributed by atoms with Crippen molar-refractivity contribution >= 4 is 15.9 Å². The summed E-state index contributed by atoms with van der Waals surface area (Å²) in [7, 11) is -3.53. The summed E-state index contributed by atoms with van der Waals surface area (Å²) in [6.07, 6.45) is 3.49. The first-order valence-corrected chi connectivity index (χ1v) is 9.65. The smallest absolute Gasteiger partial charge is 0.301 e. The Bertz CT molecular complexity index is 989. The Labute approximate surface area is 151 Å². The number of nitrogens with zero attached hydrogens (tertiary/aromatic N) is 2. The fourth-order valence-corrected chi connectivity index (χ4v) is 4.13. The van der Waals surface area contributed by atoms with Crippen molar-refractivity contribution in [2.75, 3.05) is 17.4 Å². The van der Waals surface area contributed by atoms with Gasteiger partial charge in [0.1, 0.15) is 12.4 Å². The number of anilines is 1. The van der Waals surface area contributed by atoms with E-state index in [-0.39, 0.29) is 0 Å². The standard InChI is InChI=1S/C18H18N4O3S/c23-26(24)21-8-9-22(26)17-7-6-15(16-11-19-20-12-16)10-18(17)25-13-14-4-2-1-3-5-14/h1-7,10-12,21H,8-9,13H2,(H,19,20). The van der Waals surface area contributed by atoms with Gasteiger partial charge in [-0.3, -0.25) is 9.40 Å². The maximum absolute atomic E-state index is 12.2. The molecule has 1 aliphatic rings. The maximum Gasteiger partial charge on any atom is 0.301 e. The van der Waals surface area contributed by atoms with Crippen LogP contribution in [-0.2, 0) is 16.8 Å². The van der Waals surface area contributed by atoms with Crippen LogP contribution in [0.15, 0.2) is 60.9 Å². The van der Waals surface area contributed by atoms with Crippen molar-refractivity contribution in [2.24, 2.45) is 0 Å². The van der Waals surface area contributed by atoms with Crippen molar-refractivity contribution in [3.63, 3.8) is 0 Å². The molecule has 2 heterocycles. The van der Waals surface area contributed by atoms with Crippen LogP contribution < -0.4 is 13.8 Å². The summed E-state index contributed by atoms with van der Waals surface area (Å²) in [6.45, 7) is 1.10. The second kappa shape index (κ2) is 6.81. The van der Waals surface area contributed by atoms with Crippen molar-refractivity contribution in [1.82, 2.24) is 14.9 Å². The van der Waals surface area contributed by atoms with Crippen LogP contribution in [0.2, 0.25) is 0 Å². The van der Waals surface area contributed by atoms with Crippen LogP contribution in [-0.4, -0.2) is 31.7 Å². The molecule has 0 amide bonds. The largest absolute Gasteiger partial charge is 0.487 e. The van der Waals surface area contributed by atoms with E-state index in [2.05, 4.69) is 14.9 Å². The second-order valence-corrected chi connectivity index (χ2v) is 7.59. The maximum atomic E-state index is 12.2. The zero-order valence-electron chi connectivity index (χ0n) is 13.9. The highest BCUT2D eigenvalue weighted by atomic mass is 32.2. The molecule has 0 radical (unpaired) electrons. The molecule has 2 N–H and O–H groups in total. The van der Waals surface area contributed by atoms with Gasteiger partial charge in [-0.2, -0.15) is 18.2 Å². The molecule has 8 heteroatoms. The number of aromatic amines is 1. The molecule has 1 saturated heterocycles. The highest BCUT2D eigenvalue weighted by Crippen LogP contribution is 2.35. The Kier molecular flexibility index (Phi) is 4.36. The quantitative estimate of drug-likeness (QED) is 0.721. The van der Waals surface area contributed by atoms with Gasteiger partial charge in [0.25, 0.3) is 0 Å². The number of rotatable bonds is 5. The van der Waals surface area contributed by atoms with Crippen molar-refractivity contribution in [2.45, 2.75) is 6.61 Å². The molecule has 0 saturated carbocycles. The fourth-order valence-electron chi connectivity index (χ4n) is 2.88. The molecular formula is C18H18N4O3S. The summed E-state index contributed by atoms with van der Waals surface area (Å²) >= 11 is 0. The van der Waals surface area contributed by atoms with Gasteiger partial charge in [0.15, 0.2) is 0 Å². The normalized spacial score (nSPS) is 15.9. The molecule has 0 aliphatic carbocycles. The molecule has 0 unspecified atom stereocenters.